The lowest BCUT2D eigenvalue weighted by molar-refractivity contribution is 0.204. The smallest absolute Gasteiger partial charge is 0.240 e. The Bertz CT molecular complexity index is 968. The fourth-order valence-corrected chi connectivity index (χ4v) is 3.72. The van der Waals surface area contributed by atoms with Gasteiger partial charge in [0, 0.05) is 33.8 Å². The summed E-state index contributed by atoms with van der Waals surface area (Å²) in [5.74, 6) is -0.489. The molecule has 0 saturated carbocycles. The summed E-state index contributed by atoms with van der Waals surface area (Å²) in [5, 5.41) is 6.08. The molecule has 0 spiro atoms. The van der Waals surface area contributed by atoms with E-state index in [0.717, 1.165) is 17.7 Å². The first-order chi connectivity index (χ1) is 14.4. The van der Waals surface area contributed by atoms with Gasteiger partial charge in [0.1, 0.15) is 11.6 Å². The molecule has 0 radical (unpaired) electrons. The van der Waals surface area contributed by atoms with Crippen molar-refractivity contribution < 1.29 is 21.9 Å². The topological polar surface area (TPSA) is 91.8 Å². The first kappa shape index (κ1) is 23.7. The maximum absolute atomic E-state index is 13.7. The van der Waals surface area contributed by atoms with Gasteiger partial charge in [-0.05, 0) is 47.9 Å². The minimum atomic E-state index is -3.62. The molecule has 0 atom stereocenters. The van der Waals surface area contributed by atoms with Crippen LogP contribution in [-0.4, -0.2) is 48.2 Å². The van der Waals surface area contributed by atoms with Crippen LogP contribution in [0.2, 0.25) is 0 Å². The fourth-order valence-electron chi connectivity index (χ4n) is 2.64. The predicted octanol–water partition coefficient (Wildman–Crippen LogP) is 1.80. The van der Waals surface area contributed by atoms with Crippen molar-refractivity contribution in [2.45, 2.75) is 17.9 Å². The van der Waals surface area contributed by atoms with Gasteiger partial charge in [0.25, 0.3) is 0 Å². The lowest BCUT2D eigenvalue weighted by atomic mass is 10.1. The molecule has 0 heterocycles. The average molecular weight is 441 g/mol. The van der Waals surface area contributed by atoms with Crippen LogP contribution in [0.25, 0.3) is 0 Å². The van der Waals surface area contributed by atoms with Crippen molar-refractivity contribution in [3.05, 3.63) is 65.2 Å². The van der Waals surface area contributed by atoms with Crippen molar-refractivity contribution in [3.8, 4) is 0 Å². The number of hydrogen-bond acceptors (Lipinski definition) is 4. The second-order valence-corrected chi connectivity index (χ2v) is 8.14. The van der Waals surface area contributed by atoms with Crippen LogP contribution in [0.3, 0.4) is 0 Å². The summed E-state index contributed by atoms with van der Waals surface area (Å²) >= 11 is 0. The number of ether oxygens (including phenoxy) is 1. The normalized spacial score (nSPS) is 12.1. The van der Waals surface area contributed by atoms with Gasteiger partial charge in [-0.2, -0.15) is 0 Å². The predicted molar refractivity (Wildman–Crippen MR) is 112 cm³/mol. The van der Waals surface area contributed by atoms with E-state index in [4.69, 9.17) is 4.74 Å². The van der Waals surface area contributed by atoms with Crippen molar-refractivity contribution in [2.24, 2.45) is 4.99 Å². The average Bonchev–Trinajstić information content (AvgIpc) is 2.73. The Balaban J connectivity index is 1.89. The summed E-state index contributed by atoms with van der Waals surface area (Å²) in [6.07, 6.45) is 0.283. The van der Waals surface area contributed by atoms with Crippen molar-refractivity contribution in [2.75, 3.05) is 33.9 Å². The van der Waals surface area contributed by atoms with Gasteiger partial charge in [0.05, 0.1) is 11.5 Å². The Labute approximate surface area is 175 Å². The molecule has 3 N–H and O–H groups in total. The third kappa shape index (κ3) is 7.36. The molecule has 2 aromatic carbocycles. The number of rotatable bonds is 10. The molecule has 164 valence electrons. The summed E-state index contributed by atoms with van der Waals surface area (Å²) in [5.41, 5.74) is 1.01. The molecule has 10 heteroatoms. The van der Waals surface area contributed by atoms with E-state index in [-0.39, 0.29) is 30.0 Å². The summed E-state index contributed by atoms with van der Waals surface area (Å²) in [6, 6.07) is 9.87. The third-order valence-corrected chi connectivity index (χ3v) is 5.64. The van der Waals surface area contributed by atoms with Crippen molar-refractivity contribution >= 4 is 16.0 Å². The van der Waals surface area contributed by atoms with Crippen LogP contribution in [-0.2, 0) is 27.7 Å². The molecule has 0 amide bonds. The summed E-state index contributed by atoms with van der Waals surface area (Å²) in [4.78, 5) is 4.23. The number of sulfonamides is 1. The van der Waals surface area contributed by atoms with E-state index in [0.29, 0.717) is 19.0 Å². The lowest BCUT2D eigenvalue weighted by Gasteiger charge is -2.13. The number of nitrogens with zero attached hydrogens (tertiary/aromatic N) is 1. The van der Waals surface area contributed by atoms with Crippen LogP contribution in [0.5, 0.6) is 0 Å². The zero-order valence-electron chi connectivity index (χ0n) is 16.9. The van der Waals surface area contributed by atoms with E-state index in [1.54, 1.807) is 25.2 Å². The first-order valence-electron chi connectivity index (χ1n) is 9.31. The number of aliphatic imine (C=N–C) groups is 1. The Morgan fingerprint density at radius 3 is 2.63 bits per heavy atom. The van der Waals surface area contributed by atoms with Gasteiger partial charge in [0.2, 0.25) is 10.0 Å². The molecule has 0 fully saturated rings. The molecule has 0 aliphatic carbocycles. The Morgan fingerprint density at radius 2 is 1.90 bits per heavy atom. The number of methoxy groups -OCH3 is 1. The molecule has 0 saturated heterocycles. The van der Waals surface area contributed by atoms with Gasteiger partial charge >= 0.3 is 0 Å². The summed E-state index contributed by atoms with van der Waals surface area (Å²) in [6.45, 7) is 1.14. The summed E-state index contributed by atoms with van der Waals surface area (Å²) < 4.78 is 58.8. The van der Waals surface area contributed by atoms with Crippen molar-refractivity contribution in [3.63, 3.8) is 0 Å². The fraction of sp³-hybridized carbons (Fsp3) is 0.350. The molecular weight excluding hydrogens is 414 g/mol. The Kier molecular flexibility index (Phi) is 9.15. The van der Waals surface area contributed by atoms with Crippen molar-refractivity contribution in [1.29, 1.82) is 0 Å². The number of guanidine groups is 1. The maximum atomic E-state index is 13.7. The molecule has 7 nitrogen and oxygen atoms in total. The van der Waals surface area contributed by atoms with Gasteiger partial charge in [-0.25, -0.2) is 21.9 Å². The van der Waals surface area contributed by atoms with E-state index in [2.05, 4.69) is 20.3 Å². The van der Waals surface area contributed by atoms with Gasteiger partial charge < -0.3 is 15.4 Å². The van der Waals surface area contributed by atoms with Crippen LogP contribution in [0.15, 0.2) is 52.4 Å². The molecule has 0 bridgehead atoms. The Hall–Kier alpha value is -2.56. The van der Waals surface area contributed by atoms with Crippen molar-refractivity contribution in [1.82, 2.24) is 15.4 Å². The minimum absolute atomic E-state index is 0.155. The SMILES string of the molecule is CN=C(NCCc1cc(F)ccc1F)NCc1cccc(S(=O)(=O)NCCOC)c1. The highest BCUT2D eigenvalue weighted by Gasteiger charge is 2.13. The molecule has 0 aliphatic heterocycles. The van der Waals surface area contributed by atoms with Gasteiger partial charge in [-0.1, -0.05) is 12.1 Å². The molecule has 0 aromatic heterocycles. The van der Waals surface area contributed by atoms with Gasteiger partial charge in [0.15, 0.2) is 5.96 Å². The highest BCUT2D eigenvalue weighted by molar-refractivity contribution is 7.89. The zero-order valence-corrected chi connectivity index (χ0v) is 17.7. The van der Waals surface area contributed by atoms with Crippen LogP contribution in [0.1, 0.15) is 11.1 Å². The van der Waals surface area contributed by atoms with E-state index < -0.39 is 21.7 Å². The summed E-state index contributed by atoms with van der Waals surface area (Å²) in [7, 11) is -0.543. The van der Waals surface area contributed by atoms with E-state index in [1.165, 1.54) is 19.2 Å². The molecule has 30 heavy (non-hydrogen) atoms. The quantitative estimate of drug-likeness (QED) is 0.298. The molecule has 0 unspecified atom stereocenters. The zero-order chi connectivity index (χ0) is 22.0. The molecule has 2 aromatic rings. The Morgan fingerprint density at radius 1 is 1.10 bits per heavy atom. The molecule has 2 rings (SSSR count). The van der Waals surface area contributed by atoms with Gasteiger partial charge in [-0.3, -0.25) is 4.99 Å². The maximum Gasteiger partial charge on any atom is 0.240 e. The second kappa shape index (κ2) is 11.6. The van der Waals surface area contributed by atoms with Crippen LogP contribution in [0, 0.1) is 11.6 Å². The number of nitrogens with one attached hydrogen (secondary N) is 3. The van der Waals surface area contributed by atoms with E-state index in [1.807, 2.05) is 0 Å². The number of benzene rings is 2. The first-order valence-corrected chi connectivity index (χ1v) is 10.8. The largest absolute Gasteiger partial charge is 0.383 e. The number of halogens is 2. The lowest BCUT2D eigenvalue weighted by Crippen LogP contribution is -2.38. The minimum Gasteiger partial charge on any atom is -0.383 e. The van der Waals surface area contributed by atoms with E-state index >= 15 is 0 Å². The monoisotopic (exact) mass is 440 g/mol. The second-order valence-electron chi connectivity index (χ2n) is 6.38. The van der Waals surface area contributed by atoms with E-state index in [9.17, 15) is 17.2 Å². The van der Waals surface area contributed by atoms with Crippen LogP contribution >= 0.6 is 0 Å². The van der Waals surface area contributed by atoms with Crippen LogP contribution in [0.4, 0.5) is 8.78 Å². The third-order valence-electron chi connectivity index (χ3n) is 4.19. The van der Waals surface area contributed by atoms with Gasteiger partial charge in [-0.15, -0.1) is 0 Å². The number of hydrogen-bond donors (Lipinski definition) is 3. The highest BCUT2D eigenvalue weighted by Crippen LogP contribution is 2.12. The van der Waals surface area contributed by atoms with Crippen LogP contribution < -0.4 is 15.4 Å². The molecule has 0 aliphatic rings. The standard InChI is InChI=1S/C20H26F2N4O3S/c1-23-20(24-9-8-16-13-17(21)6-7-19(16)22)25-14-15-4-3-5-18(12-15)30(27,28)26-10-11-29-2/h3-7,12-13,26H,8-11,14H2,1-2H3,(H2,23,24,25). The highest BCUT2D eigenvalue weighted by atomic mass is 32.2. The molecular formula is C20H26F2N4O3S.